The second-order valence-electron chi connectivity index (χ2n) is 14.2. The zero-order valence-corrected chi connectivity index (χ0v) is 34.2. The molecule has 0 rings (SSSR count). The molecule has 0 aliphatic rings. The number of phosphoric acid groups is 1. The Balaban J connectivity index is 3.75. The number of rotatable bonds is 41. The molecule has 0 aliphatic heterocycles. The Morgan fingerprint density at radius 3 is 1.53 bits per heavy atom. The summed E-state index contributed by atoms with van der Waals surface area (Å²) in [6.45, 7) is 4.86. The fourth-order valence-corrected chi connectivity index (χ4v) is 6.73. The van der Waals surface area contributed by atoms with Crippen molar-refractivity contribution in [3.63, 3.8) is 0 Å². The van der Waals surface area contributed by atoms with Crippen LogP contribution in [-0.2, 0) is 27.9 Å². The van der Waals surface area contributed by atoms with Crippen LogP contribution in [0.4, 0.5) is 0 Å². The summed E-state index contributed by atoms with van der Waals surface area (Å²) in [6, 6.07) is 0. The van der Waals surface area contributed by atoms with Gasteiger partial charge in [-0.1, -0.05) is 173 Å². The molecule has 0 aromatic rings. The van der Waals surface area contributed by atoms with Crippen LogP contribution in [0.2, 0.25) is 0 Å². The van der Waals surface area contributed by atoms with Crippen molar-refractivity contribution in [2.24, 2.45) is 5.73 Å². The standard InChI is InChI=1S/C42H82NO7P/c1-3-5-7-9-11-12-13-14-15-16-17-18-19-20-21-22-23-24-25-26-27-28-29-30-32-34-37-47-39-41(40-49-51(45,46)48-38-36-43)50-42(44)35-33-31-10-8-6-4-2/h13-14,16-17,41H,3-12,15,18-40,43H2,1-2H3,(H,45,46)/b14-13-,17-16-. The van der Waals surface area contributed by atoms with Crippen LogP contribution in [0.25, 0.3) is 0 Å². The normalized spacial score (nSPS) is 13.7. The van der Waals surface area contributed by atoms with Gasteiger partial charge in [0, 0.05) is 19.6 Å². The van der Waals surface area contributed by atoms with E-state index in [-0.39, 0.29) is 32.3 Å². The van der Waals surface area contributed by atoms with E-state index in [1.807, 2.05) is 0 Å². The van der Waals surface area contributed by atoms with Crippen LogP contribution in [0.3, 0.4) is 0 Å². The van der Waals surface area contributed by atoms with Crippen LogP contribution in [0, 0.1) is 0 Å². The first kappa shape index (κ1) is 50.0. The molecule has 0 aliphatic carbocycles. The van der Waals surface area contributed by atoms with Crippen molar-refractivity contribution < 1.29 is 32.8 Å². The Bertz CT molecular complexity index is 838. The van der Waals surface area contributed by atoms with Crippen LogP contribution in [0.1, 0.15) is 200 Å². The minimum absolute atomic E-state index is 0.0937. The number of carbonyl (C=O) groups excluding carboxylic acids is 1. The number of allylic oxidation sites excluding steroid dienone is 4. The maximum absolute atomic E-state index is 12.4. The molecule has 2 atom stereocenters. The molecule has 0 fully saturated rings. The van der Waals surface area contributed by atoms with Crippen LogP contribution >= 0.6 is 7.82 Å². The highest BCUT2D eigenvalue weighted by atomic mass is 31.2. The predicted octanol–water partition coefficient (Wildman–Crippen LogP) is 12.5. The molecule has 0 aromatic heterocycles. The highest BCUT2D eigenvalue weighted by Gasteiger charge is 2.25. The first-order valence-electron chi connectivity index (χ1n) is 21.3. The Morgan fingerprint density at radius 2 is 1.04 bits per heavy atom. The number of esters is 1. The average Bonchev–Trinajstić information content (AvgIpc) is 3.12. The second-order valence-corrected chi connectivity index (χ2v) is 15.7. The molecule has 9 heteroatoms. The first-order chi connectivity index (χ1) is 24.9. The third-order valence-corrected chi connectivity index (χ3v) is 10.1. The van der Waals surface area contributed by atoms with E-state index >= 15 is 0 Å². The van der Waals surface area contributed by atoms with Gasteiger partial charge in [0.05, 0.1) is 19.8 Å². The van der Waals surface area contributed by atoms with Crippen LogP contribution in [-0.4, -0.2) is 49.9 Å². The molecule has 0 heterocycles. The SMILES string of the molecule is CCCCCCC/C=C\C/C=C\CCCCCCCCCCCCCCCCOCC(COP(=O)(O)OCCN)OC(=O)CCCCCCCC. The highest BCUT2D eigenvalue weighted by Crippen LogP contribution is 2.43. The summed E-state index contributed by atoms with van der Waals surface area (Å²) in [6.07, 6.45) is 43.8. The summed E-state index contributed by atoms with van der Waals surface area (Å²) >= 11 is 0. The lowest BCUT2D eigenvalue weighted by molar-refractivity contribution is -0.154. The molecule has 302 valence electrons. The van der Waals surface area contributed by atoms with Crippen molar-refractivity contribution >= 4 is 13.8 Å². The number of nitrogens with two attached hydrogens (primary N) is 1. The molecular weight excluding hydrogens is 661 g/mol. The second kappa shape index (κ2) is 40.2. The topological polar surface area (TPSA) is 117 Å². The molecule has 3 N–H and O–H groups in total. The number of ether oxygens (including phenoxy) is 2. The van der Waals surface area contributed by atoms with E-state index in [0.29, 0.717) is 13.0 Å². The van der Waals surface area contributed by atoms with Crippen molar-refractivity contribution in [2.75, 3.05) is 33.0 Å². The molecule has 0 spiro atoms. The minimum atomic E-state index is -4.26. The number of unbranched alkanes of at least 4 members (excludes halogenated alkanes) is 24. The van der Waals surface area contributed by atoms with Gasteiger partial charge in [0.2, 0.25) is 0 Å². The van der Waals surface area contributed by atoms with Gasteiger partial charge in [-0.3, -0.25) is 13.8 Å². The molecule has 0 radical (unpaired) electrons. The Labute approximate surface area is 315 Å². The molecule has 0 bridgehead atoms. The van der Waals surface area contributed by atoms with E-state index in [9.17, 15) is 14.3 Å². The summed E-state index contributed by atoms with van der Waals surface area (Å²) in [5, 5.41) is 0. The molecule has 8 nitrogen and oxygen atoms in total. The number of hydrogen-bond donors (Lipinski definition) is 2. The molecule has 0 aromatic carbocycles. The zero-order chi connectivity index (χ0) is 37.4. The molecule has 0 saturated heterocycles. The molecule has 51 heavy (non-hydrogen) atoms. The van der Waals surface area contributed by atoms with Gasteiger partial charge >= 0.3 is 13.8 Å². The Hall–Kier alpha value is -1.02. The van der Waals surface area contributed by atoms with Gasteiger partial charge in [-0.25, -0.2) is 4.57 Å². The van der Waals surface area contributed by atoms with E-state index in [2.05, 4.69) is 38.2 Å². The summed E-state index contributed by atoms with van der Waals surface area (Å²) in [5.74, 6) is -0.338. The number of hydrogen-bond acceptors (Lipinski definition) is 7. The van der Waals surface area contributed by atoms with E-state index in [0.717, 1.165) is 38.5 Å². The summed E-state index contributed by atoms with van der Waals surface area (Å²) in [5.41, 5.74) is 5.34. The van der Waals surface area contributed by atoms with E-state index < -0.39 is 13.9 Å². The Kier molecular flexibility index (Phi) is 39.4. The largest absolute Gasteiger partial charge is 0.472 e. The molecule has 0 amide bonds. The van der Waals surface area contributed by atoms with Gasteiger partial charge < -0.3 is 20.1 Å². The predicted molar refractivity (Wildman–Crippen MR) is 215 cm³/mol. The fraction of sp³-hybridized carbons (Fsp3) is 0.881. The van der Waals surface area contributed by atoms with Gasteiger partial charge in [0.1, 0.15) is 6.10 Å². The van der Waals surface area contributed by atoms with E-state index in [1.54, 1.807) is 0 Å². The fourth-order valence-electron chi connectivity index (χ4n) is 5.97. The van der Waals surface area contributed by atoms with Crippen molar-refractivity contribution in [3.8, 4) is 0 Å². The van der Waals surface area contributed by atoms with Crippen molar-refractivity contribution in [1.82, 2.24) is 0 Å². The van der Waals surface area contributed by atoms with Gasteiger partial charge in [-0.2, -0.15) is 0 Å². The average molecular weight is 744 g/mol. The van der Waals surface area contributed by atoms with E-state index in [4.69, 9.17) is 24.3 Å². The third-order valence-electron chi connectivity index (χ3n) is 9.12. The lowest BCUT2D eigenvalue weighted by Crippen LogP contribution is -2.28. The maximum Gasteiger partial charge on any atom is 0.472 e. The smallest absolute Gasteiger partial charge is 0.457 e. The molecule has 2 unspecified atom stereocenters. The van der Waals surface area contributed by atoms with Gasteiger partial charge in [0.15, 0.2) is 0 Å². The number of carbonyl (C=O) groups is 1. The third kappa shape index (κ3) is 40.0. The van der Waals surface area contributed by atoms with Crippen molar-refractivity contribution in [2.45, 2.75) is 206 Å². The lowest BCUT2D eigenvalue weighted by atomic mass is 10.0. The van der Waals surface area contributed by atoms with Crippen LogP contribution < -0.4 is 5.73 Å². The van der Waals surface area contributed by atoms with Gasteiger partial charge in [-0.05, 0) is 44.9 Å². The van der Waals surface area contributed by atoms with Crippen LogP contribution in [0.15, 0.2) is 24.3 Å². The van der Waals surface area contributed by atoms with Gasteiger partial charge in [0.25, 0.3) is 0 Å². The summed E-state index contributed by atoms with van der Waals surface area (Å²) < 4.78 is 33.2. The highest BCUT2D eigenvalue weighted by molar-refractivity contribution is 7.47. The minimum Gasteiger partial charge on any atom is -0.457 e. The molecule has 0 saturated carbocycles. The maximum atomic E-state index is 12.4. The monoisotopic (exact) mass is 744 g/mol. The molecular formula is C42H82NO7P. The quantitative estimate of drug-likeness (QED) is 0.0275. The van der Waals surface area contributed by atoms with Crippen molar-refractivity contribution in [1.29, 1.82) is 0 Å². The first-order valence-corrected chi connectivity index (χ1v) is 22.8. The van der Waals surface area contributed by atoms with Gasteiger partial charge in [-0.15, -0.1) is 0 Å². The van der Waals surface area contributed by atoms with Crippen LogP contribution in [0.5, 0.6) is 0 Å². The lowest BCUT2D eigenvalue weighted by Gasteiger charge is -2.20. The summed E-state index contributed by atoms with van der Waals surface area (Å²) in [7, 11) is -4.26. The van der Waals surface area contributed by atoms with Crippen molar-refractivity contribution in [3.05, 3.63) is 24.3 Å². The summed E-state index contributed by atoms with van der Waals surface area (Å²) in [4.78, 5) is 22.2. The number of phosphoric ester groups is 1. The van der Waals surface area contributed by atoms with E-state index in [1.165, 1.54) is 141 Å². The zero-order valence-electron chi connectivity index (χ0n) is 33.3. The Morgan fingerprint density at radius 1 is 0.588 bits per heavy atom.